The van der Waals surface area contributed by atoms with Gasteiger partial charge >= 0.3 is 0 Å². The molecule has 6 heteroatoms. The molecule has 1 heterocycles. The highest BCUT2D eigenvalue weighted by Gasteiger charge is 2.24. The molecule has 1 amide bonds. The second-order valence-corrected chi connectivity index (χ2v) is 8.66. The first-order chi connectivity index (χ1) is 14.7. The summed E-state index contributed by atoms with van der Waals surface area (Å²) in [5, 5.41) is 1.46. The van der Waals surface area contributed by atoms with Gasteiger partial charge < -0.3 is 5.32 Å². The van der Waals surface area contributed by atoms with Crippen molar-refractivity contribution in [1.82, 2.24) is 4.90 Å². The van der Waals surface area contributed by atoms with E-state index in [0.29, 0.717) is 29.5 Å². The number of benzene rings is 2. The van der Waals surface area contributed by atoms with Crippen LogP contribution in [0.2, 0.25) is 0 Å². The standard InChI is InChI=1S/C23H27B3N2O.C2H6/c1-16-10-17(2)14-28(13-16)15-19-8-9-20(12-21(19)23(24,25)26)27-22(29)11-18-6-4-3-5-7-18;1-2/h3-9,12,16-17H,10-11,13-15H2,1-2H3,(H,27,29);1-2H3/t16-,17?;/m0./s1. The van der Waals surface area contributed by atoms with Gasteiger partial charge in [-0.3, -0.25) is 9.69 Å². The molecular formula is C25H33B3N2O. The number of nitrogens with zero attached hydrogens (tertiary/aromatic N) is 1. The van der Waals surface area contributed by atoms with Crippen molar-refractivity contribution in [1.29, 1.82) is 0 Å². The number of hydrogen-bond acceptors (Lipinski definition) is 2. The third kappa shape index (κ3) is 7.92. The Kier molecular flexibility index (Phi) is 9.49. The minimum absolute atomic E-state index is 0.0924. The number of carbonyl (C=O) groups excluding carboxylic acids is 1. The van der Waals surface area contributed by atoms with Crippen LogP contribution in [0, 0.1) is 11.8 Å². The van der Waals surface area contributed by atoms with Crippen LogP contribution in [-0.2, 0) is 22.9 Å². The molecule has 158 valence electrons. The maximum atomic E-state index is 12.4. The van der Waals surface area contributed by atoms with Gasteiger partial charge in [0.2, 0.25) is 5.91 Å². The third-order valence-corrected chi connectivity index (χ3v) is 5.41. The van der Waals surface area contributed by atoms with Gasteiger partial charge in [0, 0.05) is 25.3 Å². The van der Waals surface area contributed by atoms with Crippen molar-refractivity contribution in [3.8, 4) is 0 Å². The summed E-state index contributed by atoms with van der Waals surface area (Å²) < 4.78 is 0. The lowest BCUT2D eigenvalue weighted by Gasteiger charge is -2.36. The van der Waals surface area contributed by atoms with Crippen molar-refractivity contribution >= 4 is 35.1 Å². The molecular weight excluding hydrogens is 377 g/mol. The number of nitrogens with one attached hydrogen (secondary N) is 1. The SMILES string of the molecule is CC.[B]C([B])([B])c1cc(NC(=O)Cc2ccccc2)ccc1CN1CC(C)C[C@H](C)C1. The lowest BCUT2D eigenvalue weighted by atomic mass is 9.39. The third-order valence-electron chi connectivity index (χ3n) is 5.41. The minimum atomic E-state index is -1.47. The van der Waals surface area contributed by atoms with Gasteiger partial charge in [0.05, 0.1) is 30.0 Å². The van der Waals surface area contributed by atoms with Crippen LogP contribution >= 0.6 is 0 Å². The average Bonchev–Trinajstić information content (AvgIpc) is 2.70. The molecule has 1 aliphatic heterocycles. The first kappa shape index (κ1) is 25.3. The van der Waals surface area contributed by atoms with Gasteiger partial charge in [-0.05, 0) is 41.5 Å². The quantitative estimate of drug-likeness (QED) is 0.731. The molecule has 0 bridgehead atoms. The molecule has 1 fully saturated rings. The van der Waals surface area contributed by atoms with Crippen LogP contribution in [0.1, 0.15) is 50.8 Å². The summed E-state index contributed by atoms with van der Waals surface area (Å²) in [6.45, 7) is 11.4. The van der Waals surface area contributed by atoms with Crippen LogP contribution in [-0.4, -0.2) is 47.4 Å². The van der Waals surface area contributed by atoms with Crippen molar-refractivity contribution in [2.75, 3.05) is 18.4 Å². The molecule has 1 N–H and O–H groups in total. The molecule has 0 saturated carbocycles. The van der Waals surface area contributed by atoms with Crippen LogP contribution in [0.15, 0.2) is 48.5 Å². The summed E-state index contributed by atoms with van der Waals surface area (Å²) >= 11 is 0. The second-order valence-electron chi connectivity index (χ2n) is 8.66. The summed E-state index contributed by atoms with van der Waals surface area (Å²) in [5.41, 5.74) is 3.26. The van der Waals surface area contributed by atoms with Gasteiger partial charge in [-0.2, -0.15) is 0 Å². The number of rotatable bonds is 6. The van der Waals surface area contributed by atoms with Gasteiger partial charge in [0.25, 0.3) is 0 Å². The molecule has 6 radical (unpaired) electrons. The molecule has 2 atom stereocenters. The number of anilines is 1. The molecule has 1 aliphatic rings. The minimum Gasteiger partial charge on any atom is -0.326 e. The normalized spacial score (nSPS) is 19.2. The average molecular weight is 410 g/mol. The number of likely N-dealkylation sites (tertiary alicyclic amines) is 1. The number of piperidine rings is 1. The first-order valence-corrected chi connectivity index (χ1v) is 11.3. The molecule has 0 aromatic heterocycles. The largest absolute Gasteiger partial charge is 0.326 e. The zero-order valence-corrected chi connectivity index (χ0v) is 19.4. The van der Waals surface area contributed by atoms with Gasteiger partial charge in [-0.25, -0.2) is 0 Å². The Morgan fingerprint density at radius 3 is 2.23 bits per heavy atom. The van der Waals surface area contributed by atoms with Crippen LogP contribution in [0.25, 0.3) is 0 Å². The second kappa shape index (κ2) is 11.6. The zero-order valence-electron chi connectivity index (χ0n) is 19.4. The van der Waals surface area contributed by atoms with E-state index in [9.17, 15) is 4.79 Å². The Morgan fingerprint density at radius 2 is 1.65 bits per heavy atom. The Morgan fingerprint density at radius 1 is 1.03 bits per heavy atom. The Balaban J connectivity index is 0.00000166. The van der Waals surface area contributed by atoms with E-state index in [1.165, 1.54) is 6.42 Å². The van der Waals surface area contributed by atoms with Crippen LogP contribution in [0.4, 0.5) is 5.69 Å². The van der Waals surface area contributed by atoms with Gasteiger partial charge in [0.15, 0.2) is 0 Å². The summed E-state index contributed by atoms with van der Waals surface area (Å²) in [5.74, 6) is 1.24. The predicted octanol–water partition coefficient (Wildman–Crippen LogP) is 3.99. The Hall–Kier alpha value is -1.94. The fraction of sp³-hybridized carbons (Fsp3) is 0.480. The van der Waals surface area contributed by atoms with E-state index in [1.54, 1.807) is 6.07 Å². The van der Waals surface area contributed by atoms with Crippen molar-refractivity contribution in [3.63, 3.8) is 0 Å². The van der Waals surface area contributed by atoms with Gasteiger partial charge in [-0.15, -0.1) is 5.11 Å². The molecule has 1 unspecified atom stereocenters. The Bertz CT molecular complexity index is 826. The monoisotopic (exact) mass is 410 g/mol. The van der Waals surface area contributed by atoms with E-state index in [1.807, 2.05) is 56.3 Å². The van der Waals surface area contributed by atoms with Gasteiger partial charge in [0.1, 0.15) is 0 Å². The number of carbonyl (C=O) groups is 1. The Labute approximate surface area is 192 Å². The predicted molar refractivity (Wildman–Crippen MR) is 134 cm³/mol. The molecule has 2 aromatic carbocycles. The fourth-order valence-electron chi connectivity index (χ4n) is 4.34. The van der Waals surface area contributed by atoms with E-state index in [2.05, 4.69) is 24.1 Å². The molecule has 3 nitrogen and oxygen atoms in total. The maximum absolute atomic E-state index is 12.4. The molecule has 1 saturated heterocycles. The molecule has 3 rings (SSSR count). The molecule has 31 heavy (non-hydrogen) atoms. The number of amides is 1. The van der Waals surface area contributed by atoms with E-state index >= 15 is 0 Å². The van der Waals surface area contributed by atoms with Crippen LogP contribution < -0.4 is 5.32 Å². The zero-order chi connectivity index (χ0) is 23.0. The smallest absolute Gasteiger partial charge is 0.228 e. The summed E-state index contributed by atoms with van der Waals surface area (Å²) in [6.07, 6.45) is 1.56. The maximum Gasteiger partial charge on any atom is 0.228 e. The highest BCUT2D eigenvalue weighted by molar-refractivity contribution is 6.59. The van der Waals surface area contributed by atoms with E-state index in [-0.39, 0.29) is 5.91 Å². The summed E-state index contributed by atoms with van der Waals surface area (Å²) in [7, 11) is 18.2. The lowest BCUT2D eigenvalue weighted by molar-refractivity contribution is -0.115. The molecule has 0 spiro atoms. The topological polar surface area (TPSA) is 32.3 Å². The molecule has 0 aliphatic carbocycles. The molecule has 2 aromatic rings. The van der Waals surface area contributed by atoms with Gasteiger partial charge in [-0.1, -0.05) is 69.7 Å². The van der Waals surface area contributed by atoms with E-state index in [0.717, 1.165) is 30.8 Å². The highest BCUT2D eigenvalue weighted by atomic mass is 16.1. The summed E-state index contributed by atoms with van der Waals surface area (Å²) in [6, 6.07) is 15.3. The van der Waals surface area contributed by atoms with Crippen LogP contribution in [0.5, 0.6) is 0 Å². The first-order valence-electron chi connectivity index (χ1n) is 11.3. The van der Waals surface area contributed by atoms with Crippen molar-refractivity contribution < 1.29 is 4.79 Å². The lowest BCUT2D eigenvalue weighted by Crippen LogP contribution is -2.39. The summed E-state index contributed by atoms with van der Waals surface area (Å²) in [4.78, 5) is 14.8. The van der Waals surface area contributed by atoms with Crippen LogP contribution in [0.3, 0.4) is 0 Å². The fourth-order valence-corrected chi connectivity index (χ4v) is 4.34. The van der Waals surface area contributed by atoms with Crippen molar-refractivity contribution in [2.24, 2.45) is 11.8 Å². The highest BCUT2D eigenvalue weighted by Crippen LogP contribution is 2.27. The van der Waals surface area contributed by atoms with Crippen molar-refractivity contribution in [3.05, 3.63) is 65.2 Å². The van der Waals surface area contributed by atoms with E-state index < -0.39 is 5.11 Å². The number of hydrogen-bond donors (Lipinski definition) is 1. The van der Waals surface area contributed by atoms with Crippen molar-refractivity contribution in [2.45, 2.75) is 52.2 Å². The van der Waals surface area contributed by atoms with E-state index in [4.69, 9.17) is 23.5 Å².